The molecule has 6 nitrogen and oxygen atoms in total. The number of imidazole rings is 1. The Balaban J connectivity index is 0.00000228. The van der Waals surface area contributed by atoms with Crippen molar-refractivity contribution in [3.05, 3.63) is 76.3 Å². The van der Waals surface area contributed by atoms with E-state index >= 15 is 0 Å². The number of aryl methyl sites for hydroxylation is 1. The standard InChI is InChI=1S/C26H29N5O.ClH/c1-30-24-16-29-23-10-7-18(19-8-9-22(28-14-19)17-5-3-2-4-6-17)13-21(23)25(24)31(26(30)32)20-11-12-27-15-20;/h2-7,10,13,16,19-20,22,27-28H,8-9,11-12,14-15H2,1H3;1H/t19?,20-,22?;/m0./s1. The van der Waals surface area contributed by atoms with E-state index in [2.05, 4.69) is 64.1 Å². The summed E-state index contributed by atoms with van der Waals surface area (Å²) in [5, 5.41) is 8.26. The van der Waals surface area contributed by atoms with Crippen molar-refractivity contribution in [2.75, 3.05) is 19.6 Å². The van der Waals surface area contributed by atoms with E-state index in [1.165, 1.54) is 11.1 Å². The Kier molecular flexibility index (Phi) is 5.99. The van der Waals surface area contributed by atoms with Gasteiger partial charge in [-0.25, -0.2) is 4.79 Å². The zero-order chi connectivity index (χ0) is 21.7. The quantitative estimate of drug-likeness (QED) is 0.481. The van der Waals surface area contributed by atoms with Gasteiger partial charge in [0.1, 0.15) is 0 Å². The number of hydrogen-bond donors (Lipinski definition) is 2. The molecular formula is C26H30ClN5O. The number of piperidine rings is 1. The van der Waals surface area contributed by atoms with Crippen LogP contribution in [0.25, 0.3) is 21.9 Å². The number of fused-ring (bicyclic) bond motifs is 3. The fourth-order valence-corrected chi connectivity index (χ4v) is 5.61. The topological polar surface area (TPSA) is 63.9 Å². The van der Waals surface area contributed by atoms with E-state index < -0.39 is 0 Å². The molecule has 3 atom stereocenters. The van der Waals surface area contributed by atoms with Crippen LogP contribution >= 0.6 is 12.4 Å². The van der Waals surface area contributed by atoms with Crippen LogP contribution in [0, 0.1) is 0 Å². The zero-order valence-corrected chi connectivity index (χ0v) is 19.6. The lowest BCUT2D eigenvalue weighted by Crippen LogP contribution is -2.32. The SMILES string of the molecule is Cl.Cn1c(=O)n([C@H]2CCNC2)c2c3cc(C4CCC(c5ccccc5)NC4)ccc3ncc21. The highest BCUT2D eigenvalue weighted by molar-refractivity contribution is 6.02. The van der Waals surface area contributed by atoms with Crippen LogP contribution in [0.2, 0.25) is 0 Å². The lowest BCUT2D eigenvalue weighted by molar-refractivity contribution is 0.374. The number of rotatable bonds is 3. The van der Waals surface area contributed by atoms with Crippen LogP contribution < -0.4 is 16.3 Å². The van der Waals surface area contributed by atoms with Crippen molar-refractivity contribution in [1.29, 1.82) is 0 Å². The monoisotopic (exact) mass is 463 g/mol. The molecule has 0 bridgehead atoms. The van der Waals surface area contributed by atoms with Gasteiger partial charge in [-0.05, 0) is 55.0 Å². The lowest BCUT2D eigenvalue weighted by atomic mass is 9.86. The summed E-state index contributed by atoms with van der Waals surface area (Å²) < 4.78 is 3.76. The molecule has 4 heterocycles. The first-order valence-electron chi connectivity index (χ1n) is 11.7. The third-order valence-electron chi connectivity index (χ3n) is 7.43. The summed E-state index contributed by atoms with van der Waals surface area (Å²) in [4.78, 5) is 17.8. The van der Waals surface area contributed by atoms with Crippen LogP contribution in [0.15, 0.2) is 59.5 Å². The van der Waals surface area contributed by atoms with E-state index in [4.69, 9.17) is 0 Å². The molecule has 2 aliphatic rings. The molecule has 0 aliphatic carbocycles. The van der Waals surface area contributed by atoms with E-state index in [9.17, 15) is 4.79 Å². The van der Waals surface area contributed by atoms with Gasteiger partial charge in [-0.2, -0.15) is 0 Å². The van der Waals surface area contributed by atoms with Gasteiger partial charge in [-0.15, -0.1) is 12.4 Å². The third kappa shape index (κ3) is 3.76. The first-order chi connectivity index (χ1) is 15.7. The van der Waals surface area contributed by atoms with Crippen LogP contribution in [-0.2, 0) is 7.05 Å². The minimum Gasteiger partial charge on any atom is -0.315 e. The number of nitrogens with one attached hydrogen (secondary N) is 2. The van der Waals surface area contributed by atoms with Gasteiger partial charge in [0.05, 0.1) is 28.8 Å². The van der Waals surface area contributed by atoms with E-state index in [0.29, 0.717) is 12.0 Å². The number of hydrogen-bond acceptors (Lipinski definition) is 4. The summed E-state index contributed by atoms with van der Waals surface area (Å²) in [6, 6.07) is 18.0. The predicted octanol–water partition coefficient (Wildman–Crippen LogP) is 4.05. The molecule has 0 spiro atoms. The highest BCUT2D eigenvalue weighted by atomic mass is 35.5. The third-order valence-corrected chi connectivity index (χ3v) is 7.43. The van der Waals surface area contributed by atoms with Crippen molar-refractivity contribution in [2.24, 2.45) is 7.05 Å². The Morgan fingerprint density at radius 2 is 1.85 bits per heavy atom. The van der Waals surface area contributed by atoms with Gasteiger partial charge in [0.2, 0.25) is 0 Å². The maximum atomic E-state index is 13.1. The van der Waals surface area contributed by atoms with Crippen LogP contribution in [0.5, 0.6) is 0 Å². The smallest absolute Gasteiger partial charge is 0.315 e. The van der Waals surface area contributed by atoms with E-state index in [-0.39, 0.29) is 24.1 Å². The first-order valence-corrected chi connectivity index (χ1v) is 11.7. The summed E-state index contributed by atoms with van der Waals surface area (Å²) in [5.74, 6) is 0.464. The van der Waals surface area contributed by atoms with Gasteiger partial charge >= 0.3 is 5.69 Å². The maximum absolute atomic E-state index is 13.1. The molecule has 33 heavy (non-hydrogen) atoms. The molecule has 2 unspecified atom stereocenters. The molecule has 0 radical (unpaired) electrons. The normalized spacial score (nSPS) is 23.1. The van der Waals surface area contributed by atoms with Crippen LogP contribution in [-0.4, -0.2) is 33.8 Å². The van der Waals surface area contributed by atoms with Crippen molar-refractivity contribution in [3.63, 3.8) is 0 Å². The number of nitrogens with zero attached hydrogens (tertiary/aromatic N) is 3. The second-order valence-corrected chi connectivity index (χ2v) is 9.27. The fraction of sp³-hybridized carbons (Fsp3) is 0.385. The Hall–Kier alpha value is -2.67. The summed E-state index contributed by atoms with van der Waals surface area (Å²) in [5.41, 5.74) is 5.66. The molecule has 0 amide bonds. The molecular weight excluding hydrogens is 434 g/mol. The highest BCUT2D eigenvalue weighted by Gasteiger charge is 2.26. The minimum atomic E-state index is 0. The van der Waals surface area contributed by atoms with Crippen LogP contribution in [0.3, 0.4) is 0 Å². The molecule has 7 heteroatoms. The van der Waals surface area contributed by atoms with Gasteiger partial charge in [0.15, 0.2) is 0 Å². The highest BCUT2D eigenvalue weighted by Crippen LogP contribution is 2.34. The maximum Gasteiger partial charge on any atom is 0.329 e. The van der Waals surface area contributed by atoms with Gasteiger partial charge in [-0.3, -0.25) is 14.1 Å². The van der Waals surface area contributed by atoms with Gasteiger partial charge in [0.25, 0.3) is 0 Å². The molecule has 2 N–H and O–H groups in total. The van der Waals surface area contributed by atoms with E-state index in [1.807, 2.05) is 17.8 Å². The number of benzene rings is 2. The largest absolute Gasteiger partial charge is 0.329 e. The van der Waals surface area contributed by atoms with Crippen molar-refractivity contribution in [3.8, 4) is 0 Å². The Bertz CT molecular complexity index is 1330. The van der Waals surface area contributed by atoms with Crippen LogP contribution in [0.4, 0.5) is 0 Å². The molecule has 2 saturated heterocycles. The van der Waals surface area contributed by atoms with Gasteiger partial charge in [-0.1, -0.05) is 36.4 Å². The number of pyridine rings is 1. The summed E-state index contributed by atoms with van der Waals surface area (Å²) in [6.45, 7) is 2.76. The van der Waals surface area contributed by atoms with Crippen LogP contribution in [0.1, 0.15) is 48.4 Å². The fourth-order valence-electron chi connectivity index (χ4n) is 5.61. The number of aromatic nitrogens is 3. The number of halogens is 1. The first kappa shape index (κ1) is 22.1. The second kappa shape index (κ2) is 8.93. The lowest BCUT2D eigenvalue weighted by Gasteiger charge is -2.30. The summed E-state index contributed by atoms with van der Waals surface area (Å²) >= 11 is 0. The predicted molar refractivity (Wildman–Crippen MR) is 135 cm³/mol. The second-order valence-electron chi connectivity index (χ2n) is 9.27. The Morgan fingerprint density at radius 3 is 2.58 bits per heavy atom. The molecule has 4 aromatic rings. The van der Waals surface area contributed by atoms with Crippen molar-refractivity contribution < 1.29 is 0 Å². The Labute approximate surface area is 199 Å². The van der Waals surface area contributed by atoms with E-state index in [1.54, 1.807) is 4.57 Å². The van der Waals surface area contributed by atoms with Crippen molar-refractivity contribution in [1.82, 2.24) is 24.8 Å². The molecule has 2 fully saturated rings. The molecule has 6 rings (SSSR count). The van der Waals surface area contributed by atoms with E-state index in [0.717, 1.165) is 60.8 Å². The average Bonchev–Trinajstić information content (AvgIpc) is 3.46. The molecule has 0 saturated carbocycles. The van der Waals surface area contributed by atoms with Crippen molar-refractivity contribution >= 4 is 34.3 Å². The average molecular weight is 464 g/mol. The van der Waals surface area contributed by atoms with Crippen molar-refractivity contribution in [2.45, 2.75) is 37.3 Å². The minimum absolute atomic E-state index is 0. The molecule has 172 valence electrons. The van der Waals surface area contributed by atoms with Gasteiger partial charge < -0.3 is 10.6 Å². The summed E-state index contributed by atoms with van der Waals surface area (Å²) in [7, 11) is 1.86. The summed E-state index contributed by atoms with van der Waals surface area (Å²) in [6.07, 6.45) is 5.11. The molecule has 2 aromatic carbocycles. The molecule has 2 aromatic heterocycles. The molecule has 2 aliphatic heterocycles. The Morgan fingerprint density at radius 1 is 1.00 bits per heavy atom. The zero-order valence-electron chi connectivity index (χ0n) is 18.8. The van der Waals surface area contributed by atoms with Gasteiger partial charge in [0, 0.05) is 31.6 Å².